The first-order valence-corrected chi connectivity index (χ1v) is 4.88. The van der Waals surface area contributed by atoms with E-state index in [-0.39, 0.29) is 17.9 Å². The van der Waals surface area contributed by atoms with Crippen LogP contribution in [0.4, 0.5) is 10.1 Å². The Labute approximate surface area is 101 Å². The summed E-state index contributed by atoms with van der Waals surface area (Å²) in [5, 5.41) is 19.2. The fraction of sp³-hybridized carbons (Fsp3) is 0.182. The van der Waals surface area contributed by atoms with Crippen LogP contribution < -0.4 is 4.74 Å². The summed E-state index contributed by atoms with van der Waals surface area (Å²) in [7, 11) is 0. The van der Waals surface area contributed by atoms with E-state index in [1.807, 2.05) is 0 Å². The molecule has 96 valence electrons. The van der Waals surface area contributed by atoms with Crippen molar-refractivity contribution < 1.29 is 24.0 Å². The molecule has 18 heavy (non-hydrogen) atoms. The molecular formula is C11H10FNO5. The molecule has 7 heteroatoms. The Morgan fingerprint density at radius 2 is 2.28 bits per heavy atom. The Morgan fingerprint density at radius 3 is 2.83 bits per heavy atom. The summed E-state index contributed by atoms with van der Waals surface area (Å²) in [5.41, 5.74) is -0.448. The molecule has 0 aliphatic carbocycles. The number of aliphatic carboxylic acids is 1. The van der Waals surface area contributed by atoms with Gasteiger partial charge in [0.1, 0.15) is 12.4 Å². The minimum absolute atomic E-state index is 0.0553. The molecule has 1 aromatic carbocycles. The third kappa shape index (κ3) is 3.55. The average Bonchev–Trinajstić information content (AvgIpc) is 2.30. The van der Waals surface area contributed by atoms with Gasteiger partial charge < -0.3 is 9.84 Å². The van der Waals surface area contributed by atoms with Crippen molar-refractivity contribution in [3.05, 3.63) is 45.8 Å². The number of nitrogens with zero attached hydrogens (tertiary/aromatic N) is 1. The lowest BCUT2D eigenvalue weighted by Crippen LogP contribution is -2.02. The molecule has 0 spiro atoms. The number of halogens is 1. The van der Waals surface area contributed by atoms with Gasteiger partial charge in [0, 0.05) is 5.57 Å². The molecule has 0 saturated heterocycles. The molecule has 0 radical (unpaired) electrons. The van der Waals surface area contributed by atoms with Crippen LogP contribution in [-0.2, 0) is 4.79 Å². The number of benzene rings is 1. The Bertz CT molecular complexity index is 512. The molecule has 1 rings (SSSR count). The van der Waals surface area contributed by atoms with Crippen LogP contribution in [0.3, 0.4) is 0 Å². The van der Waals surface area contributed by atoms with E-state index in [4.69, 9.17) is 9.84 Å². The first-order valence-electron chi connectivity index (χ1n) is 4.88. The summed E-state index contributed by atoms with van der Waals surface area (Å²) >= 11 is 0. The number of hydrogen-bond acceptors (Lipinski definition) is 4. The van der Waals surface area contributed by atoms with Crippen molar-refractivity contribution >= 4 is 11.7 Å². The van der Waals surface area contributed by atoms with Gasteiger partial charge in [-0.25, -0.2) is 9.18 Å². The number of nitro groups is 1. The summed E-state index contributed by atoms with van der Waals surface area (Å²) in [6.07, 6.45) is 1.26. The van der Waals surface area contributed by atoms with Crippen molar-refractivity contribution in [3.8, 4) is 5.75 Å². The highest BCUT2D eigenvalue weighted by atomic mass is 19.1. The van der Waals surface area contributed by atoms with Crippen molar-refractivity contribution in [2.75, 3.05) is 6.61 Å². The van der Waals surface area contributed by atoms with Gasteiger partial charge in [-0.05, 0) is 25.1 Å². The van der Waals surface area contributed by atoms with Crippen molar-refractivity contribution in [1.29, 1.82) is 0 Å². The van der Waals surface area contributed by atoms with Crippen molar-refractivity contribution in [3.63, 3.8) is 0 Å². The van der Waals surface area contributed by atoms with E-state index in [1.165, 1.54) is 13.0 Å². The largest absolute Gasteiger partial charge is 0.483 e. The summed E-state index contributed by atoms with van der Waals surface area (Å²) in [5.74, 6) is -1.96. The van der Waals surface area contributed by atoms with Gasteiger partial charge in [-0.2, -0.15) is 0 Å². The van der Waals surface area contributed by atoms with Crippen molar-refractivity contribution in [2.24, 2.45) is 0 Å². The second kappa shape index (κ2) is 5.76. The Kier molecular flexibility index (Phi) is 4.36. The second-order valence-electron chi connectivity index (χ2n) is 3.37. The molecule has 0 saturated carbocycles. The molecule has 0 aromatic heterocycles. The van der Waals surface area contributed by atoms with Crippen LogP contribution in [0.1, 0.15) is 6.92 Å². The lowest BCUT2D eigenvalue weighted by Gasteiger charge is -2.04. The minimum Gasteiger partial charge on any atom is -0.483 e. The molecule has 1 N–H and O–H groups in total. The van der Waals surface area contributed by atoms with Gasteiger partial charge in [0.15, 0.2) is 5.75 Å². The zero-order chi connectivity index (χ0) is 13.7. The van der Waals surface area contributed by atoms with Crippen LogP contribution in [0.25, 0.3) is 0 Å². The SMILES string of the molecule is CC(=CCOc1ccc(F)cc1[N+](=O)[O-])C(=O)O. The van der Waals surface area contributed by atoms with E-state index in [9.17, 15) is 19.3 Å². The molecular weight excluding hydrogens is 245 g/mol. The Morgan fingerprint density at radius 1 is 1.61 bits per heavy atom. The van der Waals surface area contributed by atoms with E-state index < -0.39 is 22.4 Å². The maximum Gasteiger partial charge on any atom is 0.331 e. The quantitative estimate of drug-likeness (QED) is 0.494. The standard InChI is InChI=1S/C11H10FNO5/c1-7(11(14)15)4-5-18-10-3-2-8(12)6-9(10)13(16)17/h2-4,6H,5H2,1H3,(H,14,15). The van der Waals surface area contributed by atoms with E-state index in [2.05, 4.69) is 0 Å². The highest BCUT2D eigenvalue weighted by Crippen LogP contribution is 2.27. The lowest BCUT2D eigenvalue weighted by molar-refractivity contribution is -0.386. The monoisotopic (exact) mass is 255 g/mol. The Hall–Kier alpha value is -2.44. The van der Waals surface area contributed by atoms with Gasteiger partial charge in [0.25, 0.3) is 0 Å². The predicted octanol–water partition coefficient (Wildman–Crippen LogP) is 2.14. The minimum atomic E-state index is -1.10. The Balaban J connectivity index is 2.82. The maximum absolute atomic E-state index is 12.8. The summed E-state index contributed by atoms with van der Waals surface area (Å²) in [6.45, 7) is 1.22. The zero-order valence-electron chi connectivity index (χ0n) is 9.42. The van der Waals surface area contributed by atoms with Crippen LogP contribution in [-0.4, -0.2) is 22.6 Å². The van der Waals surface area contributed by atoms with Crippen LogP contribution in [0.5, 0.6) is 5.75 Å². The van der Waals surface area contributed by atoms with Crippen LogP contribution >= 0.6 is 0 Å². The molecule has 0 amide bonds. The average molecular weight is 255 g/mol. The van der Waals surface area contributed by atoms with Crippen LogP contribution in [0, 0.1) is 15.9 Å². The topological polar surface area (TPSA) is 89.7 Å². The fourth-order valence-electron chi connectivity index (χ4n) is 1.10. The highest BCUT2D eigenvalue weighted by Gasteiger charge is 2.15. The maximum atomic E-state index is 12.8. The van der Waals surface area contributed by atoms with Gasteiger partial charge in [-0.15, -0.1) is 0 Å². The van der Waals surface area contributed by atoms with Crippen LogP contribution in [0.15, 0.2) is 29.8 Å². The number of ether oxygens (including phenoxy) is 1. The zero-order valence-corrected chi connectivity index (χ0v) is 9.42. The molecule has 0 aliphatic rings. The van der Waals surface area contributed by atoms with Gasteiger partial charge in [-0.1, -0.05) is 0 Å². The van der Waals surface area contributed by atoms with Gasteiger partial charge in [0.2, 0.25) is 0 Å². The smallest absolute Gasteiger partial charge is 0.331 e. The molecule has 6 nitrogen and oxygen atoms in total. The van der Waals surface area contributed by atoms with Gasteiger partial charge in [-0.3, -0.25) is 10.1 Å². The second-order valence-corrected chi connectivity index (χ2v) is 3.37. The summed E-state index contributed by atoms with van der Waals surface area (Å²) < 4.78 is 17.8. The molecule has 0 fully saturated rings. The van der Waals surface area contributed by atoms with E-state index in [1.54, 1.807) is 0 Å². The van der Waals surface area contributed by atoms with Gasteiger partial charge in [0.05, 0.1) is 11.0 Å². The van der Waals surface area contributed by atoms with E-state index in [0.717, 1.165) is 18.2 Å². The van der Waals surface area contributed by atoms with Crippen molar-refractivity contribution in [2.45, 2.75) is 6.92 Å². The molecule has 0 heterocycles. The predicted molar refractivity (Wildman–Crippen MR) is 59.9 cm³/mol. The summed E-state index contributed by atoms with van der Waals surface area (Å²) in [6, 6.07) is 2.89. The lowest BCUT2D eigenvalue weighted by atomic mass is 10.3. The number of carboxylic acids is 1. The number of hydrogen-bond donors (Lipinski definition) is 1. The first-order chi connectivity index (χ1) is 8.41. The van der Waals surface area contributed by atoms with Gasteiger partial charge >= 0.3 is 11.7 Å². The molecule has 1 aromatic rings. The molecule has 0 unspecified atom stereocenters. The normalized spacial score (nSPS) is 11.1. The molecule has 0 aliphatic heterocycles. The fourth-order valence-corrected chi connectivity index (χ4v) is 1.10. The van der Waals surface area contributed by atoms with Crippen LogP contribution in [0.2, 0.25) is 0 Å². The summed E-state index contributed by atoms with van der Waals surface area (Å²) in [4.78, 5) is 20.3. The number of nitro benzene ring substituents is 1. The van der Waals surface area contributed by atoms with E-state index >= 15 is 0 Å². The first kappa shape index (κ1) is 13.6. The highest BCUT2D eigenvalue weighted by molar-refractivity contribution is 5.85. The molecule has 0 atom stereocenters. The number of carbonyl (C=O) groups is 1. The van der Waals surface area contributed by atoms with E-state index in [0.29, 0.717) is 0 Å². The van der Waals surface area contributed by atoms with Crippen molar-refractivity contribution in [1.82, 2.24) is 0 Å². The number of carboxylic acid groups (broad SMARTS) is 1. The number of rotatable bonds is 5. The molecule has 0 bridgehead atoms. The third-order valence-corrected chi connectivity index (χ3v) is 2.08. The third-order valence-electron chi connectivity index (χ3n) is 2.08.